The van der Waals surface area contributed by atoms with Gasteiger partial charge in [-0.15, -0.1) is 0 Å². The number of anilines is 1. The summed E-state index contributed by atoms with van der Waals surface area (Å²) in [5.41, 5.74) is 2.32. The molecule has 0 atom stereocenters. The summed E-state index contributed by atoms with van der Waals surface area (Å²) in [6.45, 7) is 0. The third kappa shape index (κ3) is 3.93. The summed E-state index contributed by atoms with van der Waals surface area (Å²) in [6, 6.07) is 12.6. The lowest BCUT2D eigenvalue weighted by molar-refractivity contribution is -0.116. The Balaban J connectivity index is 1.86. The van der Waals surface area contributed by atoms with Crippen LogP contribution in [0, 0.1) is 11.3 Å². The fourth-order valence-corrected chi connectivity index (χ4v) is 1.66. The Morgan fingerprint density at radius 1 is 1.26 bits per heavy atom. The second-order valence-corrected chi connectivity index (χ2v) is 4.10. The smallest absolute Gasteiger partial charge is 0.224 e. The zero-order chi connectivity index (χ0) is 13.5. The number of aryl methyl sites for hydroxylation is 1. The van der Waals surface area contributed by atoms with Gasteiger partial charge in [-0.25, -0.2) is 0 Å². The maximum Gasteiger partial charge on any atom is 0.224 e. The quantitative estimate of drug-likeness (QED) is 0.908. The molecule has 0 aliphatic carbocycles. The van der Waals surface area contributed by atoms with E-state index in [4.69, 9.17) is 5.26 Å². The van der Waals surface area contributed by atoms with E-state index in [0.29, 0.717) is 24.1 Å². The van der Waals surface area contributed by atoms with Crippen LogP contribution in [0.5, 0.6) is 0 Å². The van der Waals surface area contributed by atoms with Crippen molar-refractivity contribution in [3.05, 3.63) is 59.9 Å². The molecule has 1 amide bonds. The lowest BCUT2D eigenvalue weighted by Gasteiger charge is -2.05. The Kier molecular flexibility index (Phi) is 4.25. The molecule has 0 bridgehead atoms. The summed E-state index contributed by atoms with van der Waals surface area (Å²) in [7, 11) is 0. The first-order valence-corrected chi connectivity index (χ1v) is 5.97. The van der Waals surface area contributed by atoms with E-state index < -0.39 is 0 Å². The summed E-state index contributed by atoms with van der Waals surface area (Å²) < 4.78 is 0. The van der Waals surface area contributed by atoms with Crippen molar-refractivity contribution in [3.63, 3.8) is 0 Å². The summed E-state index contributed by atoms with van der Waals surface area (Å²) in [5.74, 6) is -0.0476. The molecule has 1 aromatic heterocycles. The average Bonchev–Trinajstić information content (AvgIpc) is 2.47. The van der Waals surface area contributed by atoms with Gasteiger partial charge in [0, 0.05) is 24.5 Å². The van der Waals surface area contributed by atoms with Crippen molar-refractivity contribution in [2.75, 3.05) is 5.32 Å². The summed E-state index contributed by atoms with van der Waals surface area (Å²) in [6.07, 6.45) is 4.54. The van der Waals surface area contributed by atoms with E-state index in [2.05, 4.69) is 10.3 Å². The molecule has 0 aliphatic heterocycles. The Morgan fingerprint density at radius 3 is 2.68 bits per heavy atom. The Labute approximate surface area is 111 Å². The van der Waals surface area contributed by atoms with Gasteiger partial charge < -0.3 is 5.32 Å². The van der Waals surface area contributed by atoms with Crippen LogP contribution in [-0.4, -0.2) is 10.9 Å². The van der Waals surface area contributed by atoms with Gasteiger partial charge in [0.15, 0.2) is 0 Å². The van der Waals surface area contributed by atoms with Gasteiger partial charge in [0.25, 0.3) is 0 Å². The van der Waals surface area contributed by atoms with Gasteiger partial charge in [-0.3, -0.25) is 9.78 Å². The minimum atomic E-state index is -0.0476. The Morgan fingerprint density at radius 2 is 2.05 bits per heavy atom. The number of hydrogen-bond donors (Lipinski definition) is 1. The molecule has 1 aromatic carbocycles. The van der Waals surface area contributed by atoms with E-state index in [-0.39, 0.29) is 5.91 Å². The molecule has 1 N–H and O–H groups in total. The zero-order valence-electron chi connectivity index (χ0n) is 10.3. The number of rotatable bonds is 4. The van der Waals surface area contributed by atoms with Crippen LogP contribution in [-0.2, 0) is 11.2 Å². The van der Waals surface area contributed by atoms with Crippen molar-refractivity contribution in [2.24, 2.45) is 0 Å². The topological polar surface area (TPSA) is 65.8 Å². The second-order valence-electron chi connectivity index (χ2n) is 4.10. The first kappa shape index (κ1) is 12.8. The highest BCUT2D eigenvalue weighted by Crippen LogP contribution is 2.10. The molecule has 0 fully saturated rings. The molecule has 2 rings (SSSR count). The van der Waals surface area contributed by atoms with Crippen molar-refractivity contribution in [3.8, 4) is 6.07 Å². The third-order valence-corrected chi connectivity index (χ3v) is 2.66. The van der Waals surface area contributed by atoms with Crippen molar-refractivity contribution in [1.82, 2.24) is 4.98 Å². The number of carbonyl (C=O) groups is 1. The number of nitrogens with zero attached hydrogens (tertiary/aromatic N) is 2. The highest BCUT2D eigenvalue weighted by molar-refractivity contribution is 5.90. The molecule has 0 saturated carbocycles. The van der Waals surface area contributed by atoms with Crippen LogP contribution in [0.4, 0.5) is 5.69 Å². The summed E-state index contributed by atoms with van der Waals surface area (Å²) >= 11 is 0. The van der Waals surface area contributed by atoms with Crippen LogP contribution < -0.4 is 5.32 Å². The minimum absolute atomic E-state index is 0.0476. The van der Waals surface area contributed by atoms with Crippen LogP contribution in [0.2, 0.25) is 0 Å². The van der Waals surface area contributed by atoms with Crippen LogP contribution in [0.25, 0.3) is 0 Å². The fraction of sp³-hybridized carbons (Fsp3) is 0.133. The normalized spacial score (nSPS) is 9.63. The van der Waals surface area contributed by atoms with E-state index >= 15 is 0 Å². The van der Waals surface area contributed by atoms with Gasteiger partial charge in [0.1, 0.15) is 0 Å². The van der Waals surface area contributed by atoms with Crippen molar-refractivity contribution >= 4 is 11.6 Å². The van der Waals surface area contributed by atoms with Crippen molar-refractivity contribution < 1.29 is 4.79 Å². The highest BCUT2D eigenvalue weighted by Gasteiger charge is 2.03. The number of carbonyl (C=O) groups excluding carboxylic acids is 1. The monoisotopic (exact) mass is 251 g/mol. The summed E-state index contributed by atoms with van der Waals surface area (Å²) in [4.78, 5) is 15.7. The first-order valence-electron chi connectivity index (χ1n) is 5.97. The van der Waals surface area contributed by atoms with Gasteiger partial charge in [-0.1, -0.05) is 6.07 Å². The molecular weight excluding hydrogens is 238 g/mol. The minimum Gasteiger partial charge on any atom is -0.326 e. The number of aromatic nitrogens is 1. The highest BCUT2D eigenvalue weighted by atomic mass is 16.1. The number of amides is 1. The summed E-state index contributed by atoms with van der Waals surface area (Å²) in [5, 5.41) is 11.5. The predicted octanol–water partition coefficient (Wildman–Crippen LogP) is 2.52. The van der Waals surface area contributed by atoms with Crippen LogP contribution in [0.1, 0.15) is 17.5 Å². The van der Waals surface area contributed by atoms with E-state index in [1.165, 1.54) is 0 Å². The molecular formula is C15H13N3O. The Bertz CT molecular complexity index is 585. The van der Waals surface area contributed by atoms with Crippen molar-refractivity contribution in [2.45, 2.75) is 12.8 Å². The van der Waals surface area contributed by atoms with Crippen LogP contribution in [0.3, 0.4) is 0 Å². The lowest BCUT2D eigenvalue weighted by atomic mass is 10.1. The SMILES string of the molecule is N#Cc1ccc(NC(=O)CCc2cccnc2)cc1. The maximum absolute atomic E-state index is 11.7. The molecule has 4 heteroatoms. The maximum atomic E-state index is 11.7. The average molecular weight is 251 g/mol. The van der Waals surface area contributed by atoms with Gasteiger partial charge in [0.2, 0.25) is 5.91 Å². The standard InChI is InChI=1S/C15H13N3O/c16-10-12-3-6-14(7-4-12)18-15(19)8-5-13-2-1-9-17-11-13/h1-4,6-7,9,11H,5,8H2,(H,18,19). The molecule has 19 heavy (non-hydrogen) atoms. The molecule has 0 radical (unpaired) electrons. The van der Waals surface area contributed by atoms with Crippen LogP contribution in [0.15, 0.2) is 48.8 Å². The number of hydrogen-bond acceptors (Lipinski definition) is 3. The molecule has 0 saturated heterocycles. The van der Waals surface area contributed by atoms with Gasteiger partial charge in [-0.05, 0) is 42.3 Å². The number of pyridine rings is 1. The molecule has 0 unspecified atom stereocenters. The van der Waals surface area contributed by atoms with E-state index in [9.17, 15) is 4.79 Å². The first-order chi connectivity index (χ1) is 9.28. The van der Waals surface area contributed by atoms with E-state index in [1.807, 2.05) is 18.2 Å². The zero-order valence-corrected chi connectivity index (χ0v) is 10.3. The molecule has 4 nitrogen and oxygen atoms in total. The molecule has 0 aliphatic rings. The van der Waals surface area contributed by atoms with E-state index in [0.717, 1.165) is 5.56 Å². The van der Waals surface area contributed by atoms with E-state index in [1.54, 1.807) is 36.7 Å². The molecule has 2 aromatic rings. The van der Waals surface area contributed by atoms with Gasteiger partial charge in [-0.2, -0.15) is 5.26 Å². The lowest BCUT2D eigenvalue weighted by Crippen LogP contribution is -2.12. The van der Waals surface area contributed by atoms with Gasteiger partial charge in [0.05, 0.1) is 11.6 Å². The predicted molar refractivity (Wildman–Crippen MR) is 72.3 cm³/mol. The number of benzene rings is 1. The van der Waals surface area contributed by atoms with Gasteiger partial charge >= 0.3 is 0 Å². The number of nitriles is 1. The molecule has 0 spiro atoms. The molecule has 94 valence electrons. The van der Waals surface area contributed by atoms with Crippen LogP contribution >= 0.6 is 0 Å². The number of nitrogens with one attached hydrogen (secondary N) is 1. The Hall–Kier alpha value is -2.67. The third-order valence-electron chi connectivity index (χ3n) is 2.66. The molecule has 1 heterocycles. The largest absolute Gasteiger partial charge is 0.326 e. The fourth-order valence-electron chi connectivity index (χ4n) is 1.66. The second kappa shape index (κ2) is 6.31. The van der Waals surface area contributed by atoms with Crippen molar-refractivity contribution in [1.29, 1.82) is 5.26 Å².